The number of rotatable bonds is 4. The lowest BCUT2D eigenvalue weighted by Crippen LogP contribution is -2.48. The van der Waals surface area contributed by atoms with E-state index in [2.05, 4.69) is 41.4 Å². The maximum Gasteiger partial charge on any atom is 0.320 e. The van der Waals surface area contributed by atoms with Crippen LogP contribution in [0.4, 0.5) is 10.6 Å². The second kappa shape index (κ2) is 6.60. The Morgan fingerprint density at radius 1 is 1.36 bits per heavy atom. The number of aromatic nitrogens is 3. The first-order valence-corrected chi connectivity index (χ1v) is 7.31. The first-order chi connectivity index (χ1) is 10.4. The maximum absolute atomic E-state index is 12.3. The molecule has 2 aromatic heterocycles. The number of nitrogens with one attached hydrogen (secondary N) is 2. The van der Waals surface area contributed by atoms with Crippen LogP contribution in [-0.4, -0.2) is 26.6 Å². The Balaban J connectivity index is 2.04. The van der Waals surface area contributed by atoms with Gasteiger partial charge in [0.1, 0.15) is 5.82 Å². The number of carbonyl (C=O) groups is 1. The molecule has 2 amide bonds. The number of imidazole rings is 1. The number of hydrogen-bond donors (Lipinski definition) is 2. The molecule has 0 saturated heterocycles. The predicted octanol–water partition coefficient (Wildman–Crippen LogP) is 2.82. The molecule has 0 radical (unpaired) electrons. The van der Waals surface area contributed by atoms with Crippen LogP contribution in [0.1, 0.15) is 26.3 Å². The minimum atomic E-state index is -0.248. The van der Waals surface area contributed by atoms with E-state index in [9.17, 15) is 4.79 Å². The third kappa shape index (κ3) is 4.31. The van der Waals surface area contributed by atoms with Crippen LogP contribution in [0.5, 0.6) is 0 Å². The van der Waals surface area contributed by atoms with Gasteiger partial charge in [0, 0.05) is 25.1 Å². The number of aryl methyl sites for hydroxylation is 1. The van der Waals surface area contributed by atoms with E-state index >= 15 is 0 Å². The highest BCUT2D eigenvalue weighted by molar-refractivity contribution is 5.89. The summed E-state index contributed by atoms with van der Waals surface area (Å²) in [6.07, 6.45) is 7.04. The number of nitrogens with zero attached hydrogens (tertiary/aromatic N) is 3. The molecule has 6 heteroatoms. The molecule has 2 N–H and O–H groups in total. The number of pyridine rings is 1. The lowest BCUT2D eigenvalue weighted by Gasteiger charge is -2.31. The molecule has 0 aliphatic heterocycles. The first kappa shape index (κ1) is 16.0. The highest BCUT2D eigenvalue weighted by Crippen LogP contribution is 2.21. The van der Waals surface area contributed by atoms with Gasteiger partial charge in [-0.15, -0.1) is 0 Å². The van der Waals surface area contributed by atoms with Crippen LogP contribution in [0.15, 0.2) is 37.1 Å². The van der Waals surface area contributed by atoms with Crippen LogP contribution in [0.3, 0.4) is 0 Å². The summed E-state index contributed by atoms with van der Waals surface area (Å²) < 4.78 is 1.96. The zero-order valence-corrected chi connectivity index (χ0v) is 13.5. The average Bonchev–Trinajstić information content (AvgIpc) is 2.92. The summed E-state index contributed by atoms with van der Waals surface area (Å²) in [7, 11) is 0. The standard InChI is InChI=1S/C16H23N5O/c1-12-6-5-7-18-14(12)20-15(22)19-13(16(2,3)4)10-21-9-8-17-11-21/h5-9,11,13H,10H2,1-4H3,(H2,18,19,20,22)/t13-/m0/s1. The Hall–Kier alpha value is -2.37. The van der Waals surface area contributed by atoms with E-state index in [0.717, 1.165) is 5.56 Å². The van der Waals surface area contributed by atoms with Gasteiger partial charge < -0.3 is 9.88 Å². The summed E-state index contributed by atoms with van der Waals surface area (Å²) in [6, 6.07) is 3.47. The molecular weight excluding hydrogens is 278 g/mol. The molecule has 1 atom stereocenters. The van der Waals surface area contributed by atoms with E-state index in [0.29, 0.717) is 12.4 Å². The summed E-state index contributed by atoms with van der Waals surface area (Å²) >= 11 is 0. The minimum Gasteiger partial charge on any atom is -0.335 e. The molecule has 0 aliphatic rings. The van der Waals surface area contributed by atoms with Gasteiger partial charge in [-0.1, -0.05) is 26.8 Å². The molecule has 0 saturated carbocycles. The van der Waals surface area contributed by atoms with E-state index in [4.69, 9.17) is 0 Å². The van der Waals surface area contributed by atoms with Gasteiger partial charge in [0.15, 0.2) is 0 Å². The summed E-state index contributed by atoms with van der Waals surface area (Å²) in [5, 5.41) is 5.84. The van der Waals surface area contributed by atoms with E-state index in [-0.39, 0.29) is 17.5 Å². The van der Waals surface area contributed by atoms with Crippen molar-refractivity contribution in [1.82, 2.24) is 19.9 Å². The van der Waals surface area contributed by atoms with Crippen LogP contribution in [0.2, 0.25) is 0 Å². The molecule has 0 fully saturated rings. The van der Waals surface area contributed by atoms with Gasteiger partial charge in [-0.25, -0.2) is 14.8 Å². The zero-order chi connectivity index (χ0) is 16.2. The van der Waals surface area contributed by atoms with Gasteiger partial charge in [-0.3, -0.25) is 5.32 Å². The summed E-state index contributed by atoms with van der Waals surface area (Å²) in [5.74, 6) is 0.579. The van der Waals surface area contributed by atoms with Crippen molar-refractivity contribution in [2.75, 3.05) is 5.32 Å². The molecule has 0 unspecified atom stereocenters. The van der Waals surface area contributed by atoms with Gasteiger partial charge in [-0.05, 0) is 24.0 Å². The molecular formula is C16H23N5O. The fourth-order valence-corrected chi connectivity index (χ4v) is 2.06. The molecule has 118 valence electrons. The predicted molar refractivity (Wildman–Crippen MR) is 86.6 cm³/mol. The highest BCUT2D eigenvalue weighted by atomic mass is 16.2. The number of amides is 2. The smallest absolute Gasteiger partial charge is 0.320 e. The lowest BCUT2D eigenvalue weighted by atomic mass is 9.86. The number of urea groups is 1. The van der Waals surface area contributed by atoms with Crippen molar-refractivity contribution in [2.24, 2.45) is 5.41 Å². The number of carbonyl (C=O) groups excluding carboxylic acids is 1. The fraction of sp³-hybridized carbons (Fsp3) is 0.438. The van der Waals surface area contributed by atoms with Crippen molar-refractivity contribution in [1.29, 1.82) is 0 Å². The normalized spacial score (nSPS) is 12.7. The van der Waals surface area contributed by atoms with Crippen molar-refractivity contribution in [3.8, 4) is 0 Å². The van der Waals surface area contributed by atoms with Crippen molar-refractivity contribution in [3.63, 3.8) is 0 Å². The van der Waals surface area contributed by atoms with Crippen molar-refractivity contribution in [3.05, 3.63) is 42.6 Å². The van der Waals surface area contributed by atoms with Gasteiger partial charge in [0.25, 0.3) is 0 Å². The van der Waals surface area contributed by atoms with E-state index in [1.807, 2.05) is 29.8 Å². The van der Waals surface area contributed by atoms with Gasteiger partial charge in [0.05, 0.1) is 12.4 Å². The van der Waals surface area contributed by atoms with Gasteiger partial charge in [-0.2, -0.15) is 0 Å². The van der Waals surface area contributed by atoms with Crippen molar-refractivity contribution in [2.45, 2.75) is 40.3 Å². The van der Waals surface area contributed by atoms with Crippen LogP contribution < -0.4 is 10.6 Å². The Kier molecular flexibility index (Phi) is 4.80. The summed E-state index contributed by atoms with van der Waals surface area (Å²) in [4.78, 5) is 20.5. The topological polar surface area (TPSA) is 71.8 Å². The van der Waals surface area contributed by atoms with Crippen LogP contribution in [-0.2, 0) is 6.54 Å². The van der Waals surface area contributed by atoms with Crippen LogP contribution in [0.25, 0.3) is 0 Å². The molecule has 0 bridgehead atoms. The molecule has 0 spiro atoms. The number of hydrogen-bond acceptors (Lipinski definition) is 3. The number of anilines is 1. The molecule has 2 rings (SSSR count). The Morgan fingerprint density at radius 3 is 2.73 bits per heavy atom. The third-order valence-electron chi connectivity index (χ3n) is 3.54. The lowest BCUT2D eigenvalue weighted by molar-refractivity contribution is 0.218. The largest absolute Gasteiger partial charge is 0.335 e. The van der Waals surface area contributed by atoms with Crippen molar-refractivity contribution >= 4 is 11.8 Å². The monoisotopic (exact) mass is 301 g/mol. The SMILES string of the molecule is Cc1cccnc1NC(=O)N[C@@H](Cn1ccnc1)C(C)(C)C. The molecule has 0 aliphatic carbocycles. The summed E-state index contributed by atoms with van der Waals surface area (Å²) in [5.41, 5.74) is 0.848. The molecule has 22 heavy (non-hydrogen) atoms. The van der Waals surface area contributed by atoms with Crippen LogP contribution in [0, 0.1) is 12.3 Å². The molecule has 6 nitrogen and oxygen atoms in total. The Morgan fingerprint density at radius 2 is 2.14 bits per heavy atom. The first-order valence-electron chi connectivity index (χ1n) is 7.31. The molecule has 2 heterocycles. The van der Waals surface area contributed by atoms with E-state index in [1.165, 1.54) is 0 Å². The Labute approximate surface area is 131 Å². The van der Waals surface area contributed by atoms with E-state index < -0.39 is 0 Å². The maximum atomic E-state index is 12.3. The Bertz CT molecular complexity index is 616. The van der Waals surface area contributed by atoms with Crippen LogP contribution >= 0.6 is 0 Å². The quantitative estimate of drug-likeness (QED) is 0.912. The van der Waals surface area contributed by atoms with Gasteiger partial charge >= 0.3 is 6.03 Å². The van der Waals surface area contributed by atoms with Crippen molar-refractivity contribution < 1.29 is 4.79 Å². The zero-order valence-electron chi connectivity index (χ0n) is 13.5. The molecule has 0 aromatic carbocycles. The third-order valence-corrected chi connectivity index (χ3v) is 3.54. The van der Waals surface area contributed by atoms with Gasteiger partial charge in [0.2, 0.25) is 0 Å². The highest BCUT2D eigenvalue weighted by Gasteiger charge is 2.26. The average molecular weight is 301 g/mol. The second-order valence-corrected chi connectivity index (χ2v) is 6.45. The fourth-order valence-electron chi connectivity index (χ4n) is 2.06. The van der Waals surface area contributed by atoms with E-state index in [1.54, 1.807) is 18.7 Å². The molecule has 2 aromatic rings. The minimum absolute atomic E-state index is 0.0364. The summed E-state index contributed by atoms with van der Waals surface area (Å²) in [6.45, 7) is 8.87. The second-order valence-electron chi connectivity index (χ2n) is 6.45.